The Morgan fingerprint density at radius 3 is 2.50 bits per heavy atom. The zero-order valence-corrected chi connectivity index (χ0v) is 9.97. The first kappa shape index (κ1) is 14.8. The summed E-state index contributed by atoms with van der Waals surface area (Å²) in [5.74, 6) is -1.41. The van der Waals surface area contributed by atoms with Crippen molar-refractivity contribution in [1.82, 2.24) is 4.90 Å². The molecule has 0 fully saturated rings. The predicted octanol–water partition coefficient (Wildman–Crippen LogP) is 3.31. The number of para-hydroxylation sites is 1. The van der Waals surface area contributed by atoms with E-state index in [4.69, 9.17) is 0 Å². The summed E-state index contributed by atoms with van der Waals surface area (Å²) >= 11 is 0. The van der Waals surface area contributed by atoms with Gasteiger partial charge < -0.3 is 5.11 Å². The molecule has 6 heteroatoms. The highest BCUT2D eigenvalue weighted by Gasteiger charge is 2.30. The average molecular weight is 265 g/mol. The number of benzene rings is 1. The molecule has 0 aliphatic heterocycles. The van der Waals surface area contributed by atoms with Gasteiger partial charge in [0.25, 0.3) is 0 Å². The number of alkyl halides is 3. The molecule has 0 saturated carbocycles. The van der Waals surface area contributed by atoms with Gasteiger partial charge in [-0.3, -0.25) is 4.90 Å². The van der Waals surface area contributed by atoms with Gasteiger partial charge in [0.15, 0.2) is 11.6 Å². The van der Waals surface area contributed by atoms with E-state index >= 15 is 0 Å². The lowest BCUT2D eigenvalue weighted by Crippen LogP contribution is -2.34. The number of hydrogen-bond donors (Lipinski definition) is 1. The third-order valence-corrected chi connectivity index (χ3v) is 2.41. The van der Waals surface area contributed by atoms with Crippen LogP contribution in [0.2, 0.25) is 0 Å². The molecule has 0 atom stereocenters. The van der Waals surface area contributed by atoms with Gasteiger partial charge in [0.1, 0.15) is 0 Å². The highest BCUT2D eigenvalue weighted by molar-refractivity contribution is 5.33. The highest BCUT2D eigenvalue weighted by atomic mass is 19.4. The van der Waals surface area contributed by atoms with Crippen LogP contribution in [0.15, 0.2) is 18.2 Å². The first-order chi connectivity index (χ1) is 8.33. The molecule has 2 nitrogen and oxygen atoms in total. The van der Waals surface area contributed by atoms with Gasteiger partial charge in [-0.15, -0.1) is 0 Å². The summed E-state index contributed by atoms with van der Waals surface area (Å²) < 4.78 is 50.1. The van der Waals surface area contributed by atoms with Crippen LogP contribution in [0, 0.1) is 5.82 Å². The average Bonchev–Trinajstić information content (AvgIpc) is 2.23. The number of rotatable bonds is 5. The van der Waals surface area contributed by atoms with Crippen LogP contribution in [-0.2, 0) is 6.54 Å². The third-order valence-electron chi connectivity index (χ3n) is 2.41. The topological polar surface area (TPSA) is 23.5 Å². The van der Waals surface area contributed by atoms with Gasteiger partial charge in [-0.25, -0.2) is 4.39 Å². The molecule has 0 bridgehead atoms. The summed E-state index contributed by atoms with van der Waals surface area (Å²) in [5.41, 5.74) is 0.160. The van der Waals surface area contributed by atoms with E-state index in [1.807, 2.05) is 0 Å². The van der Waals surface area contributed by atoms with Gasteiger partial charge in [-0.2, -0.15) is 13.2 Å². The van der Waals surface area contributed by atoms with Crippen molar-refractivity contribution in [1.29, 1.82) is 0 Å². The summed E-state index contributed by atoms with van der Waals surface area (Å²) in [6.07, 6.45) is -3.76. The minimum absolute atomic E-state index is 0.128. The second-order valence-corrected chi connectivity index (χ2v) is 4.07. The summed E-state index contributed by atoms with van der Waals surface area (Å²) in [7, 11) is 0. The Kier molecular flexibility index (Phi) is 4.95. The standard InChI is InChI=1S/C12H15F4NO/c1-2-6-17(8-12(14,15)16)7-9-4-3-5-10(13)11(9)18/h3-5,18H,2,6-8H2,1H3. The molecule has 0 aliphatic rings. The van der Waals surface area contributed by atoms with Crippen molar-refractivity contribution in [2.24, 2.45) is 0 Å². The smallest absolute Gasteiger partial charge is 0.401 e. The van der Waals surface area contributed by atoms with E-state index in [0.29, 0.717) is 6.42 Å². The van der Waals surface area contributed by atoms with E-state index < -0.39 is 24.3 Å². The molecular formula is C12H15F4NO. The molecule has 1 rings (SSSR count). The Labute approximate surface area is 103 Å². The predicted molar refractivity (Wildman–Crippen MR) is 59.7 cm³/mol. The van der Waals surface area contributed by atoms with Crippen LogP contribution in [0.4, 0.5) is 17.6 Å². The van der Waals surface area contributed by atoms with Crippen molar-refractivity contribution in [2.45, 2.75) is 26.1 Å². The zero-order chi connectivity index (χ0) is 13.8. The molecule has 0 spiro atoms. The molecule has 0 amide bonds. The molecular weight excluding hydrogens is 250 g/mol. The lowest BCUT2D eigenvalue weighted by molar-refractivity contribution is -0.147. The van der Waals surface area contributed by atoms with Crippen LogP contribution < -0.4 is 0 Å². The number of phenolic OH excluding ortho intramolecular Hbond substituents is 1. The number of phenols is 1. The van der Waals surface area contributed by atoms with Gasteiger partial charge in [-0.1, -0.05) is 19.1 Å². The Balaban J connectivity index is 2.80. The van der Waals surface area contributed by atoms with Crippen molar-refractivity contribution < 1.29 is 22.7 Å². The first-order valence-corrected chi connectivity index (χ1v) is 5.59. The molecule has 1 N–H and O–H groups in total. The van der Waals surface area contributed by atoms with Gasteiger partial charge in [0.05, 0.1) is 6.54 Å². The number of hydrogen-bond acceptors (Lipinski definition) is 2. The second kappa shape index (κ2) is 6.04. The monoisotopic (exact) mass is 265 g/mol. The highest BCUT2D eigenvalue weighted by Crippen LogP contribution is 2.24. The van der Waals surface area contributed by atoms with Gasteiger partial charge in [-0.05, 0) is 19.0 Å². The SMILES string of the molecule is CCCN(Cc1cccc(F)c1O)CC(F)(F)F. The molecule has 0 heterocycles. The van der Waals surface area contributed by atoms with E-state index in [9.17, 15) is 22.7 Å². The quantitative estimate of drug-likeness (QED) is 0.826. The minimum atomic E-state index is -4.31. The molecule has 0 unspecified atom stereocenters. The van der Waals surface area contributed by atoms with Crippen molar-refractivity contribution >= 4 is 0 Å². The fraction of sp³-hybridized carbons (Fsp3) is 0.500. The Hall–Kier alpha value is -1.30. The molecule has 0 aliphatic carbocycles. The maximum Gasteiger partial charge on any atom is 0.401 e. The summed E-state index contributed by atoms with van der Waals surface area (Å²) in [6, 6.07) is 3.84. The largest absolute Gasteiger partial charge is 0.505 e. The van der Waals surface area contributed by atoms with Crippen LogP contribution in [0.25, 0.3) is 0 Å². The molecule has 0 radical (unpaired) electrons. The number of aromatic hydroxyl groups is 1. The van der Waals surface area contributed by atoms with Gasteiger partial charge in [0, 0.05) is 12.1 Å². The van der Waals surface area contributed by atoms with Crippen LogP contribution in [-0.4, -0.2) is 29.3 Å². The molecule has 18 heavy (non-hydrogen) atoms. The molecule has 0 aromatic heterocycles. The normalized spacial score (nSPS) is 12.1. The van der Waals surface area contributed by atoms with Crippen molar-refractivity contribution in [2.75, 3.05) is 13.1 Å². The molecule has 0 saturated heterocycles. The number of halogens is 4. The Morgan fingerprint density at radius 1 is 1.28 bits per heavy atom. The van der Waals surface area contributed by atoms with Crippen molar-refractivity contribution in [3.8, 4) is 5.75 Å². The Morgan fingerprint density at radius 2 is 1.94 bits per heavy atom. The zero-order valence-electron chi connectivity index (χ0n) is 9.97. The molecule has 1 aromatic carbocycles. The molecule has 102 valence electrons. The maximum absolute atomic E-state index is 13.1. The van der Waals surface area contributed by atoms with Crippen LogP contribution in [0.1, 0.15) is 18.9 Å². The van der Waals surface area contributed by atoms with E-state index in [0.717, 1.165) is 11.0 Å². The van der Waals surface area contributed by atoms with E-state index in [1.54, 1.807) is 6.92 Å². The van der Waals surface area contributed by atoms with E-state index in [2.05, 4.69) is 0 Å². The summed E-state index contributed by atoms with van der Waals surface area (Å²) in [5, 5.41) is 9.43. The fourth-order valence-corrected chi connectivity index (χ4v) is 1.71. The second-order valence-electron chi connectivity index (χ2n) is 4.07. The lowest BCUT2D eigenvalue weighted by atomic mass is 10.1. The van der Waals surface area contributed by atoms with Crippen LogP contribution in [0.3, 0.4) is 0 Å². The van der Waals surface area contributed by atoms with E-state index in [-0.39, 0.29) is 18.7 Å². The maximum atomic E-state index is 13.1. The van der Waals surface area contributed by atoms with Crippen LogP contribution >= 0.6 is 0 Å². The van der Waals surface area contributed by atoms with Gasteiger partial charge in [0.2, 0.25) is 0 Å². The summed E-state index contributed by atoms with van der Waals surface area (Å²) in [4.78, 5) is 1.13. The molecule has 1 aromatic rings. The fourth-order valence-electron chi connectivity index (χ4n) is 1.71. The van der Waals surface area contributed by atoms with Crippen LogP contribution in [0.5, 0.6) is 5.75 Å². The lowest BCUT2D eigenvalue weighted by Gasteiger charge is -2.23. The van der Waals surface area contributed by atoms with Gasteiger partial charge >= 0.3 is 6.18 Å². The van der Waals surface area contributed by atoms with E-state index in [1.165, 1.54) is 12.1 Å². The van der Waals surface area contributed by atoms with Crippen molar-refractivity contribution in [3.05, 3.63) is 29.6 Å². The number of nitrogens with zero attached hydrogens (tertiary/aromatic N) is 1. The minimum Gasteiger partial charge on any atom is -0.505 e. The third kappa shape index (κ3) is 4.52. The first-order valence-electron chi connectivity index (χ1n) is 5.59. The van der Waals surface area contributed by atoms with Crippen molar-refractivity contribution in [3.63, 3.8) is 0 Å². The summed E-state index contributed by atoms with van der Waals surface area (Å²) in [6.45, 7) is 0.790. The Bertz CT molecular complexity index is 392.